The van der Waals surface area contributed by atoms with Gasteiger partial charge in [0.2, 0.25) is 10.0 Å². The Balaban J connectivity index is 0.000000323. The predicted molar refractivity (Wildman–Crippen MR) is 205 cm³/mol. The van der Waals surface area contributed by atoms with Crippen molar-refractivity contribution in [2.45, 2.75) is 39.7 Å². The van der Waals surface area contributed by atoms with Crippen LogP contribution in [0.5, 0.6) is 5.75 Å². The number of anilines is 2. The molecule has 0 radical (unpaired) electrons. The Hall–Kier alpha value is -4.58. The van der Waals surface area contributed by atoms with Gasteiger partial charge in [0.25, 0.3) is 0 Å². The molecule has 12 nitrogen and oxygen atoms in total. The summed E-state index contributed by atoms with van der Waals surface area (Å²) in [5, 5.41) is 5.82. The van der Waals surface area contributed by atoms with Crippen LogP contribution in [0.1, 0.15) is 39.0 Å². The Morgan fingerprint density at radius 1 is 1.20 bits per heavy atom. The smallest absolute Gasteiger partial charge is 0.229 e. The lowest BCUT2D eigenvalue weighted by atomic mass is 9.86. The number of allylic oxidation sites excluding steroid dienone is 2. The van der Waals surface area contributed by atoms with Crippen molar-refractivity contribution in [1.82, 2.24) is 19.4 Å². The number of nitrogens with one attached hydrogen (secondary N) is 2. The van der Waals surface area contributed by atoms with E-state index in [9.17, 15) is 8.42 Å². The van der Waals surface area contributed by atoms with Gasteiger partial charge < -0.3 is 23.9 Å². The molecule has 0 spiro atoms. The SMILES string of the molecule is C=C(/N=C\C=C(/C)OC)NCCn1ccnc1.COc1c(NS(C)(=O)=O)cc(C(C)(C)C)cc1N(N)C(=PC)c1cc2ccccc2n1C. The van der Waals surface area contributed by atoms with Gasteiger partial charge in [-0.1, -0.05) is 53.8 Å². The molecule has 14 heteroatoms. The van der Waals surface area contributed by atoms with Crippen LogP contribution >= 0.6 is 8.20 Å². The van der Waals surface area contributed by atoms with Crippen molar-refractivity contribution in [3.05, 3.63) is 96.7 Å². The van der Waals surface area contributed by atoms with Crippen LogP contribution in [0.25, 0.3) is 10.9 Å². The zero-order valence-corrected chi connectivity index (χ0v) is 31.6. The quantitative estimate of drug-likeness (QED) is 0.0517. The van der Waals surface area contributed by atoms with Gasteiger partial charge >= 0.3 is 0 Å². The van der Waals surface area contributed by atoms with E-state index in [4.69, 9.17) is 15.3 Å². The van der Waals surface area contributed by atoms with Crippen LogP contribution in [-0.4, -0.2) is 67.9 Å². The van der Waals surface area contributed by atoms with E-state index in [1.165, 1.54) is 7.11 Å². The minimum atomic E-state index is -3.52. The van der Waals surface area contributed by atoms with Gasteiger partial charge in [-0.25, -0.2) is 24.2 Å². The average molecular weight is 709 g/mol. The lowest BCUT2D eigenvalue weighted by Crippen LogP contribution is -2.38. The Morgan fingerprint density at radius 2 is 1.92 bits per heavy atom. The van der Waals surface area contributed by atoms with Gasteiger partial charge in [0.05, 0.1) is 43.9 Å². The summed E-state index contributed by atoms with van der Waals surface area (Å²) in [4.78, 5) is 8.08. The minimum absolute atomic E-state index is 0.237. The largest absolute Gasteiger partial charge is 0.501 e. The number of nitrogens with zero attached hydrogens (tertiary/aromatic N) is 5. The van der Waals surface area contributed by atoms with E-state index in [0.717, 1.165) is 60.9 Å². The Bertz CT molecular complexity index is 1920. The highest BCUT2D eigenvalue weighted by Gasteiger charge is 2.25. The summed E-state index contributed by atoms with van der Waals surface area (Å²) in [5.74, 6) is 8.51. The molecule has 0 saturated heterocycles. The predicted octanol–water partition coefficient (Wildman–Crippen LogP) is 5.86. The van der Waals surface area contributed by atoms with Crippen LogP contribution in [-0.2, 0) is 33.8 Å². The second-order valence-electron chi connectivity index (χ2n) is 12.2. The van der Waals surface area contributed by atoms with Crippen molar-refractivity contribution in [2.24, 2.45) is 17.9 Å². The number of hydrazine groups is 1. The highest BCUT2D eigenvalue weighted by Crippen LogP contribution is 2.41. The van der Waals surface area contributed by atoms with E-state index in [1.54, 1.807) is 43.0 Å². The van der Waals surface area contributed by atoms with Crippen LogP contribution in [0.4, 0.5) is 11.4 Å². The molecular formula is C35H49N8O4PS. The first kappa shape index (κ1) is 38.9. The molecule has 264 valence electrons. The fraction of sp³-hybridized carbons (Fsp3) is 0.343. The van der Waals surface area contributed by atoms with Crippen LogP contribution in [0.2, 0.25) is 0 Å². The Kier molecular flexibility index (Phi) is 13.6. The standard InChI is InChI=1S/C23H31N4O3PS.C12H18N4O/c1-23(2,3)16-13-17(25-32(7,28)29)21(30-5)19(14-16)27(24)22(31-6)20-12-15-10-8-9-11-18(15)26(20)4;1-11(17-3)4-5-14-12(2)15-7-9-16-8-6-13-10-16/h8-14,25H,24H2,1-7H3;4-6,8,10,15H,2,7,9H2,1,3H3/b;11-4+,14-5-. The number of aromatic nitrogens is 3. The third-order valence-corrected chi connectivity index (χ3v) is 8.89. The lowest BCUT2D eigenvalue weighted by molar-refractivity contribution is 0.294. The number of methoxy groups -OCH3 is 2. The first-order valence-electron chi connectivity index (χ1n) is 15.5. The van der Waals surface area contributed by atoms with Crippen LogP contribution in [0.15, 0.2) is 90.4 Å². The molecule has 4 rings (SSSR count). The molecule has 0 saturated carbocycles. The van der Waals surface area contributed by atoms with Gasteiger partial charge in [0.15, 0.2) is 5.75 Å². The topological polar surface area (TPSA) is 141 Å². The first-order valence-corrected chi connectivity index (χ1v) is 18.7. The van der Waals surface area contributed by atoms with Gasteiger partial charge in [0, 0.05) is 49.6 Å². The third-order valence-electron chi connectivity index (χ3n) is 7.43. The number of hydrogen-bond acceptors (Lipinski definition) is 8. The first-order chi connectivity index (χ1) is 23.1. The summed E-state index contributed by atoms with van der Waals surface area (Å²) in [7, 11) is 2.57. The molecule has 0 aliphatic carbocycles. The summed E-state index contributed by atoms with van der Waals surface area (Å²) >= 11 is 0. The van der Waals surface area contributed by atoms with Crippen molar-refractivity contribution in [2.75, 3.05) is 43.4 Å². The maximum absolute atomic E-state index is 12.0. The van der Waals surface area contributed by atoms with Crippen molar-refractivity contribution in [3.8, 4) is 5.75 Å². The fourth-order valence-corrected chi connectivity index (χ4v) is 6.09. The maximum Gasteiger partial charge on any atom is 0.229 e. The number of sulfonamides is 1. The van der Waals surface area contributed by atoms with E-state index < -0.39 is 10.0 Å². The number of para-hydroxylation sites is 1. The number of benzene rings is 2. The van der Waals surface area contributed by atoms with Crippen molar-refractivity contribution in [3.63, 3.8) is 0 Å². The number of aliphatic imine (C=N–C) groups is 1. The second kappa shape index (κ2) is 17.2. The van der Waals surface area contributed by atoms with Crippen LogP contribution < -0.4 is 25.6 Å². The van der Waals surface area contributed by atoms with E-state index in [2.05, 4.69) is 70.1 Å². The van der Waals surface area contributed by atoms with E-state index in [0.29, 0.717) is 22.9 Å². The summed E-state index contributed by atoms with van der Waals surface area (Å²) in [6.45, 7) is 15.5. The zero-order chi connectivity index (χ0) is 36.4. The number of nitrogens with two attached hydrogens (primary N) is 1. The van der Waals surface area contributed by atoms with E-state index in [-0.39, 0.29) is 5.41 Å². The molecule has 0 amide bonds. The van der Waals surface area contributed by atoms with Crippen molar-refractivity contribution >= 4 is 52.1 Å². The molecule has 0 bridgehead atoms. The molecule has 4 N–H and O–H groups in total. The maximum atomic E-state index is 12.0. The fourth-order valence-electron chi connectivity index (χ4n) is 4.77. The van der Waals surface area contributed by atoms with Gasteiger partial charge in [-0.15, -0.1) is 0 Å². The second-order valence-corrected chi connectivity index (χ2v) is 14.8. The number of aryl methyl sites for hydroxylation is 1. The highest BCUT2D eigenvalue weighted by molar-refractivity contribution is 7.92. The molecule has 2 heterocycles. The Labute approximate surface area is 292 Å². The number of hydrogen-bond donors (Lipinski definition) is 3. The molecule has 0 atom stereocenters. The lowest BCUT2D eigenvalue weighted by Gasteiger charge is -2.28. The normalized spacial score (nSPS) is 12.4. The third kappa shape index (κ3) is 11.0. The number of rotatable bonds is 13. The number of imidazole rings is 1. The molecule has 0 unspecified atom stereocenters. The van der Waals surface area contributed by atoms with E-state index in [1.807, 2.05) is 49.6 Å². The summed E-state index contributed by atoms with van der Waals surface area (Å²) in [5.41, 5.74) is 4.57. The molecule has 2 aromatic heterocycles. The molecule has 2 aromatic carbocycles. The van der Waals surface area contributed by atoms with Crippen LogP contribution in [0.3, 0.4) is 0 Å². The van der Waals surface area contributed by atoms with Crippen LogP contribution in [0, 0.1) is 0 Å². The summed E-state index contributed by atoms with van der Waals surface area (Å²) in [6.07, 6.45) is 10.0. The average Bonchev–Trinajstić information content (AvgIpc) is 3.68. The van der Waals surface area contributed by atoms with Gasteiger partial charge in [-0.3, -0.25) is 9.73 Å². The highest BCUT2D eigenvalue weighted by atomic mass is 32.2. The van der Waals surface area contributed by atoms with E-state index >= 15 is 0 Å². The minimum Gasteiger partial charge on any atom is -0.501 e. The van der Waals surface area contributed by atoms with Crippen molar-refractivity contribution < 1.29 is 17.9 Å². The monoisotopic (exact) mass is 708 g/mol. The molecule has 4 aromatic rings. The van der Waals surface area contributed by atoms with Gasteiger partial charge in [0.1, 0.15) is 16.9 Å². The molecule has 0 aliphatic heterocycles. The summed E-state index contributed by atoms with van der Waals surface area (Å²) < 4.78 is 41.4. The Morgan fingerprint density at radius 3 is 2.49 bits per heavy atom. The molecule has 0 fully saturated rings. The molecule has 0 aliphatic rings. The number of ether oxygens (including phenoxy) is 2. The van der Waals surface area contributed by atoms with Gasteiger partial charge in [-0.05, 0) is 54.9 Å². The zero-order valence-electron chi connectivity index (χ0n) is 29.9. The molecular weight excluding hydrogens is 659 g/mol. The van der Waals surface area contributed by atoms with Gasteiger partial charge in [-0.2, -0.15) is 0 Å². The number of fused-ring (bicyclic) bond motifs is 1. The summed E-state index contributed by atoms with van der Waals surface area (Å²) in [6, 6.07) is 14.0. The van der Waals surface area contributed by atoms with Crippen molar-refractivity contribution in [1.29, 1.82) is 0 Å². The molecule has 49 heavy (non-hydrogen) atoms.